The van der Waals surface area contributed by atoms with E-state index in [4.69, 9.17) is 5.73 Å². The number of nitrogens with two attached hydrogens (primary N) is 1. The van der Waals surface area contributed by atoms with Gasteiger partial charge in [0.15, 0.2) is 4.96 Å². The molecule has 0 saturated carbocycles. The van der Waals surface area contributed by atoms with E-state index in [2.05, 4.69) is 9.38 Å². The Balaban J connectivity index is 2.26. The molecule has 0 saturated heterocycles. The normalized spacial score (nSPS) is 10.9. The summed E-state index contributed by atoms with van der Waals surface area (Å²) >= 11 is 1.63. The van der Waals surface area contributed by atoms with Crippen molar-refractivity contribution >= 4 is 22.0 Å². The summed E-state index contributed by atoms with van der Waals surface area (Å²) in [7, 11) is 0. The highest BCUT2D eigenvalue weighted by Gasteiger charge is 2.05. The maximum Gasteiger partial charge on any atom is 0.194 e. The van der Waals surface area contributed by atoms with Crippen LogP contribution in [0.1, 0.15) is 0 Å². The summed E-state index contributed by atoms with van der Waals surface area (Å²) in [6.45, 7) is 0. The fraction of sp³-hybridized carbons (Fsp3) is 0. The zero-order chi connectivity index (χ0) is 10.3. The van der Waals surface area contributed by atoms with Gasteiger partial charge >= 0.3 is 0 Å². The van der Waals surface area contributed by atoms with Crippen molar-refractivity contribution in [1.29, 1.82) is 0 Å². The summed E-state index contributed by atoms with van der Waals surface area (Å²) in [5.41, 5.74) is 8.71. The maximum atomic E-state index is 5.76. The number of anilines is 1. The molecule has 0 radical (unpaired) electrons. The minimum absolute atomic E-state index is 0.776. The molecule has 2 aromatic heterocycles. The molecule has 0 bridgehead atoms. The van der Waals surface area contributed by atoms with Gasteiger partial charge < -0.3 is 5.73 Å². The molecule has 0 amide bonds. The summed E-state index contributed by atoms with van der Waals surface area (Å²) in [5, 5.41) is 2.03. The van der Waals surface area contributed by atoms with Crippen LogP contribution in [-0.4, -0.2) is 9.38 Å². The van der Waals surface area contributed by atoms with Crippen LogP contribution < -0.4 is 5.73 Å². The molecule has 0 unspecified atom stereocenters. The average Bonchev–Trinajstić information content (AvgIpc) is 2.77. The van der Waals surface area contributed by atoms with Gasteiger partial charge in [-0.3, -0.25) is 4.40 Å². The number of rotatable bonds is 1. The molecule has 15 heavy (non-hydrogen) atoms. The van der Waals surface area contributed by atoms with Gasteiger partial charge in [0.25, 0.3) is 0 Å². The lowest BCUT2D eigenvalue weighted by molar-refractivity contribution is 1.24. The molecular weight excluding hydrogens is 206 g/mol. The number of thiazole rings is 1. The summed E-state index contributed by atoms with van der Waals surface area (Å²) in [4.78, 5) is 5.33. The molecular formula is C11H9N3S. The number of benzene rings is 1. The van der Waals surface area contributed by atoms with E-state index in [9.17, 15) is 0 Å². The summed E-state index contributed by atoms with van der Waals surface area (Å²) in [6, 6.07) is 7.84. The molecule has 1 aromatic carbocycles. The molecule has 3 rings (SSSR count). The van der Waals surface area contributed by atoms with Crippen LogP contribution in [0.5, 0.6) is 0 Å². The maximum absolute atomic E-state index is 5.76. The third-order valence-corrected chi connectivity index (χ3v) is 3.10. The van der Waals surface area contributed by atoms with Crippen molar-refractivity contribution in [2.75, 3.05) is 5.73 Å². The zero-order valence-electron chi connectivity index (χ0n) is 7.92. The molecule has 0 fully saturated rings. The molecule has 74 valence electrons. The highest BCUT2D eigenvalue weighted by atomic mass is 32.1. The van der Waals surface area contributed by atoms with Crippen molar-refractivity contribution in [3.05, 3.63) is 42.0 Å². The minimum atomic E-state index is 0.776. The van der Waals surface area contributed by atoms with Gasteiger partial charge in [-0.15, -0.1) is 11.3 Å². The first-order chi connectivity index (χ1) is 7.34. The number of hydrogen-bond acceptors (Lipinski definition) is 3. The van der Waals surface area contributed by atoms with Gasteiger partial charge in [-0.2, -0.15) is 0 Å². The Morgan fingerprint density at radius 1 is 1.33 bits per heavy atom. The third kappa shape index (κ3) is 1.30. The van der Waals surface area contributed by atoms with Crippen molar-refractivity contribution in [3.63, 3.8) is 0 Å². The van der Waals surface area contributed by atoms with Crippen molar-refractivity contribution in [2.24, 2.45) is 0 Å². The SMILES string of the molecule is Nc1cccc(-c2cnc3sccn23)c1. The van der Waals surface area contributed by atoms with Gasteiger partial charge in [-0.25, -0.2) is 4.98 Å². The van der Waals surface area contributed by atoms with Crippen LogP contribution in [0.25, 0.3) is 16.2 Å². The Kier molecular flexibility index (Phi) is 1.76. The molecule has 0 spiro atoms. The monoisotopic (exact) mass is 215 g/mol. The average molecular weight is 215 g/mol. The number of nitrogens with zero attached hydrogens (tertiary/aromatic N) is 2. The van der Waals surface area contributed by atoms with Crippen LogP contribution >= 0.6 is 11.3 Å². The Morgan fingerprint density at radius 2 is 2.27 bits per heavy atom. The topological polar surface area (TPSA) is 43.3 Å². The van der Waals surface area contributed by atoms with Crippen molar-refractivity contribution in [2.45, 2.75) is 0 Å². The van der Waals surface area contributed by atoms with E-state index in [0.29, 0.717) is 0 Å². The van der Waals surface area contributed by atoms with Gasteiger partial charge in [0.2, 0.25) is 0 Å². The Labute approximate surface area is 90.8 Å². The summed E-state index contributed by atoms with van der Waals surface area (Å²) in [5.74, 6) is 0. The van der Waals surface area contributed by atoms with Gasteiger partial charge in [-0.1, -0.05) is 12.1 Å². The van der Waals surface area contributed by atoms with Crippen molar-refractivity contribution in [3.8, 4) is 11.3 Å². The standard InChI is InChI=1S/C11H9N3S/c12-9-3-1-2-8(6-9)10-7-13-11-14(10)4-5-15-11/h1-7H,12H2. The molecule has 2 heterocycles. The van der Waals surface area contributed by atoms with Gasteiger partial charge in [0.1, 0.15) is 0 Å². The molecule has 0 aliphatic carbocycles. The van der Waals surface area contributed by atoms with E-state index in [-0.39, 0.29) is 0 Å². The van der Waals surface area contributed by atoms with Crippen LogP contribution in [-0.2, 0) is 0 Å². The van der Waals surface area contributed by atoms with Crippen molar-refractivity contribution in [1.82, 2.24) is 9.38 Å². The van der Waals surface area contributed by atoms with Gasteiger partial charge in [-0.05, 0) is 12.1 Å². The van der Waals surface area contributed by atoms with Gasteiger partial charge in [0.05, 0.1) is 11.9 Å². The van der Waals surface area contributed by atoms with Crippen LogP contribution in [0.4, 0.5) is 5.69 Å². The number of imidazole rings is 1. The smallest absolute Gasteiger partial charge is 0.194 e. The highest BCUT2D eigenvalue weighted by molar-refractivity contribution is 7.15. The summed E-state index contributed by atoms with van der Waals surface area (Å²) < 4.78 is 2.07. The lowest BCUT2D eigenvalue weighted by atomic mass is 10.1. The molecule has 3 nitrogen and oxygen atoms in total. The van der Waals surface area contributed by atoms with E-state index < -0.39 is 0 Å². The number of aromatic nitrogens is 2. The number of nitrogen functional groups attached to an aromatic ring is 1. The Bertz CT molecular complexity index is 609. The lowest BCUT2D eigenvalue weighted by Gasteiger charge is -2.00. The predicted octanol–water partition coefficient (Wildman–Crippen LogP) is 2.65. The molecule has 3 aromatic rings. The lowest BCUT2D eigenvalue weighted by Crippen LogP contribution is -1.87. The first kappa shape index (κ1) is 8.49. The number of hydrogen-bond donors (Lipinski definition) is 1. The molecule has 0 aliphatic heterocycles. The highest BCUT2D eigenvalue weighted by Crippen LogP contribution is 2.24. The molecule has 4 heteroatoms. The third-order valence-electron chi connectivity index (χ3n) is 2.33. The van der Waals surface area contributed by atoms with E-state index in [1.807, 2.05) is 42.0 Å². The fourth-order valence-electron chi connectivity index (χ4n) is 1.64. The zero-order valence-corrected chi connectivity index (χ0v) is 8.74. The molecule has 2 N–H and O–H groups in total. The van der Waals surface area contributed by atoms with Crippen LogP contribution in [0.2, 0.25) is 0 Å². The second-order valence-corrected chi connectivity index (χ2v) is 4.20. The first-order valence-electron chi connectivity index (χ1n) is 4.61. The van der Waals surface area contributed by atoms with Crippen LogP contribution in [0, 0.1) is 0 Å². The molecule has 0 aliphatic rings. The van der Waals surface area contributed by atoms with Crippen LogP contribution in [0.15, 0.2) is 42.0 Å². The van der Waals surface area contributed by atoms with Gasteiger partial charge in [0, 0.05) is 22.8 Å². The Hall–Kier alpha value is -1.81. The minimum Gasteiger partial charge on any atom is -0.399 e. The fourth-order valence-corrected chi connectivity index (χ4v) is 2.33. The predicted molar refractivity (Wildman–Crippen MR) is 62.9 cm³/mol. The van der Waals surface area contributed by atoms with E-state index >= 15 is 0 Å². The van der Waals surface area contributed by atoms with E-state index in [0.717, 1.165) is 21.9 Å². The quantitative estimate of drug-likeness (QED) is 0.634. The first-order valence-corrected chi connectivity index (χ1v) is 5.49. The van der Waals surface area contributed by atoms with E-state index in [1.54, 1.807) is 11.3 Å². The largest absolute Gasteiger partial charge is 0.399 e. The molecule has 0 atom stereocenters. The van der Waals surface area contributed by atoms with Crippen LogP contribution in [0.3, 0.4) is 0 Å². The van der Waals surface area contributed by atoms with Crippen molar-refractivity contribution < 1.29 is 0 Å². The summed E-state index contributed by atoms with van der Waals surface area (Å²) in [6.07, 6.45) is 3.89. The second-order valence-electron chi connectivity index (χ2n) is 3.32. The number of fused-ring (bicyclic) bond motifs is 1. The van der Waals surface area contributed by atoms with E-state index in [1.165, 1.54) is 0 Å². The second kappa shape index (κ2) is 3.10. The Morgan fingerprint density at radius 3 is 3.13 bits per heavy atom.